The Morgan fingerprint density at radius 1 is 1.11 bits per heavy atom. The van der Waals surface area contributed by atoms with Gasteiger partial charge in [0.15, 0.2) is 0 Å². The second-order valence-corrected chi connectivity index (χ2v) is 6.95. The van der Waals surface area contributed by atoms with Crippen LogP contribution < -0.4 is 0 Å². The summed E-state index contributed by atoms with van der Waals surface area (Å²) >= 11 is 11.8. The zero-order chi connectivity index (χ0) is 13.9. The first-order chi connectivity index (χ1) is 8.24. The van der Waals surface area contributed by atoms with Crippen LogP contribution in [-0.4, -0.2) is 25.3 Å². The summed E-state index contributed by atoms with van der Waals surface area (Å²) in [4.78, 5) is 0.117. The Balaban J connectivity index is 2.85. The SMILES string of the molecule is Cc1ccc(S(=O)(=O)O[C@H](C)[C@@H](Cl)[C@H](C)Cl)cc1. The van der Waals surface area contributed by atoms with Crippen LogP contribution in [0.25, 0.3) is 0 Å². The van der Waals surface area contributed by atoms with Gasteiger partial charge in [-0.05, 0) is 32.9 Å². The summed E-state index contributed by atoms with van der Waals surface area (Å²) in [5.74, 6) is 0. The molecule has 0 spiro atoms. The van der Waals surface area contributed by atoms with E-state index in [1.165, 1.54) is 12.1 Å². The van der Waals surface area contributed by atoms with Crippen molar-refractivity contribution in [3.8, 4) is 0 Å². The van der Waals surface area contributed by atoms with E-state index >= 15 is 0 Å². The minimum absolute atomic E-state index is 0.117. The Bertz CT molecular complexity index is 483. The van der Waals surface area contributed by atoms with Crippen molar-refractivity contribution in [2.45, 2.75) is 42.5 Å². The van der Waals surface area contributed by atoms with Crippen LogP contribution in [0.1, 0.15) is 19.4 Å². The molecule has 3 nitrogen and oxygen atoms in total. The fraction of sp³-hybridized carbons (Fsp3) is 0.500. The van der Waals surface area contributed by atoms with Crippen molar-refractivity contribution in [3.63, 3.8) is 0 Å². The van der Waals surface area contributed by atoms with Crippen LogP contribution in [0.5, 0.6) is 0 Å². The molecule has 0 saturated heterocycles. The minimum atomic E-state index is -3.80. The van der Waals surface area contributed by atoms with E-state index in [1.54, 1.807) is 26.0 Å². The molecule has 1 aromatic rings. The molecule has 0 saturated carbocycles. The van der Waals surface area contributed by atoms with Gasteiger partial charge in [0, 0.05) is 5.38 Å². The van der Waals surface area contributed by atoms with E-state index in [0.29, 0.717) is 0 Å². The quantitative estimate of drug-likeness (QED) is 0.619. The third-order valence-corrected chi connectivity index (χ3v) is 5.02. The van der Waals surface area contributed by atoms with Gasteiger partial charge in [-0.3, -0.25) is 4.18 Å². The summed E-state index contributed by atoms with van der Waals surface area (Å²) < 4.78 is 29.0. The van der Waals surface area contributed by atoms with Gasteiger partial charge >= 0.3 is 0 Å². The fourth-order valence-corrected chi connectivity index (χ4v) is 2.80. The van der Waals surface area contributed by atoms with Crippen molar-refractivity contribution in [2.75, 3.05) is 0 Å². The lowest BCUT2D eigenvalue weighted by atomic mass is 10.2. The van der Waals surface area contributed by atoms with Crippen LogP contribution in [0.3, 0.4) is 0 Å². The molecule has 0 aromatic heterocycles. The van der Waals surface area contributed by atoms with E-state index in [1.807, 2.05) is 6.92 Å². The van der Waals surface area contributed by atoms with E-state index in [-0.39, 0.29) is 10.3 Å². The lowest BCUT2D eigenvalue weighted by molar-refractivity contribution is 0.222. The minimum Gasteiger partial charge on any atom is -0.262 e. The van der Waals surface area contributed by atoms with Crippen LogP contribution in [0.4, 0.5) is 0 Å². The Morgan fingerprint density at radius 3 is 2.06 bits per heavy atom. The number of aryl methyl sites for hydroxylation is 1. The number of halogens is 2. The van der Waals surface area contributed by atoms with Gasteiger partial charge in [-0.1, -0.05) is 17.7 Å². The summed E-state index contributed by atoms with van der Waals surface area (Å²) in [5.41, 5.74) is 0.978. The van der Waals surface area contributed by atoms with E-state index in [4.69, 9.17) is 27.4 Å². The largest absolute Gasteiger partial charge is 0.297 e. The summed E-state index contributed by atoms with van der Waals surface area (Å²) in [7, 11) is -3.80. The van der Waals surface area contributed by atoms with Crippen LogP contribution in [0, 0.1) is 6.92 Å². The molecule has 0 heterocycles. The van der Waals surface area contributed by atoms with Crippen LogP contribution in [-0.2, 0) is 14.3 Å². The molecule has 102 valence electrons. The molecule has 18 heavy (non-hydrogen) atoms. The van der Waals surface area contributed by atoms with Crippen molar-refractivity contribution >= 4 is 33.3 Å². The molecule has 0 aliphatic heterocycles. The van der Waals surface area contributed by atoms with E-state index in [9.17, 15) is 8.42 Å². The summed E-state index contributed by atoms with van der Waals surface area (Å²) in [6, 6.07) is 6.43. The van der Waals surface area contributed by atoms with Gasteiger partial charge in [0.25, 0.3) is 10.1 Å². The summed E-state index contributed by atoms with van der Waals surface area (Å²) in [6.45, 7) is 5.16. The molecule has 0 aliphatic carbocycles. The van der Waals surface area contributed by atoms with Crippen molar-refractivity contribution in [3.05, 3.63) is 29.8 Å². The van der Waals surface area contributed by atoms with Crippen molar-refractivity contribution in [2.24, 2.45) is 0 Å². The van der Waals surface area contributed by atoms with Gasteiger partial charge in [-0.15, -0.1) is 23.2 Å². The molecule has 0 fully saturated rings. The highest BCUT2D eigenvalue weighted by atomic mass is 35.5. The molecule has 0 amide bonds. The highest BCUT2D eigenvalue weighted by Crippen LogP contribution is 2.21. The maximum absolute atomic E-state index is 12.0. The normalized spacial score (nSPS) is 17.2. The van der Waals surface area contributed by atoms with Crippen LogP contribution in [0.2, 0.25) is 0 Å². The van der Waals surface area contributed by atoms with Gasteiger partial charge in [0.05, 0.1) is 16.4 Å². The molecular formula is C12H16Cl2O3S. The van der Waals surface area contributed by atoms with Crippen molar-refractivity contribution in [1.29, 1.82) is 0 Å². The number of benzene rings is 1. The second-order valence-electron chi connectivity index (χ2n) is 4.19. The first kappa shape index (κ1) is 15.8. The van der Waals surface area contributed by atoms with E-state index in [0.717, 1.165) is 5.56 Å². The first-order valence-corrected chi connectivity index (χ1v) is 7.80. The Hall–Kier alpha value is -0.290. The highest BCUT2D eigenvalue weighted by molar-refractivity contribution is 7.86. The van der Waals surface area contributed by atoms with Gasteiger partial charge in [0.1, 0.15) is 0 Å². The van der Waals surface area contributed by atoms with Crippen molar-refractivity contribution in [1.82, 2.24) is 0 Å². The second kappa shape index (κ2) is 6.24. The topological polar surface area (TPSA) is 43.4 Å². The molecule has 0 radical (unpaired) electrons. The molecule has 6 heteroatoms. The third kappa shape index (κ3) is 4.12. The maximum Gasteiger partial charge on any atom is 0.297 e. The Kier molecular flexibility index (Phi) is 5.46. The number of alkyl halides is 2. The van der Waals surface area contributed by atoms with Crippen LogP contribution >= 0.6 is 23.2 Å². The third-order valence-electron chi connectivity index (χ3n) is 2.48. The molecular weight excluding hydrogens is 295 g/mol. The Labute approximate surface area is 118 Å². The summed E-state index contributed by atoms with van der Waals surface area (Å²) in [6.07, 6.45) is -0.689. The van der Waals surface area contributed by atoms with Crippen molar-refractivity contribution < 1.29 is 12.6 Å². The van der Waals surface area contributed by atoms with Gasteiger partial charge in [-0.25, -0.2) is 0 Å². The Morgan fingerprint density at radius 2 is 1.61 bits per heavy atom. The zero-order valence-electron chi connectivity index (χ0n) is 10.4. The standard InChI is InChI=1S/C12H16Cl2O3S/c1-8-4-6-11(7-5-8)18(15,16)17-10(3)12(14)9(2)13/h4-7,9-10,12H,1-3H3/t9-,10+,12-/m0/s1. The molecule has 0 unspecified atom stereocenters. The number of hydrogen-bond acceptors (Lipinski definition) is 3. The monoisotopic (exact) mass is 310 g/mol. The molecule has 0 aliphatic rings. The molecule has 1 rings (SSSR count). The average Bonchev–Trinajstić information content (AvgIpc) is 2.27. The van der Waals surface area contributed by atoms with E-state index < -0.39 is 21.6 Å². The van der Waals surface area contributed by atoms with E-state index in [2.05, 4.69) is 0 Å². The zero-order valence-corrected chi connectivity index (χ0v) is 12.8. The van der Waals surface area contributed by atoms with Gasteiger partial charge in [-0.2, -0.15) is 8.42 Å². The highest BCUT2D eigenvalue weighted by Gasteiger charge is 2.26. The predicted molar refractivity (Wildman–Crippen MR) is 73.9 cm³/mol. The molecule has 1 aromatic carbocycles. The molecule has 3 atom stereocenters. The van der Waals surface area contributed by atoms with Gasteiger partial charge < -0.3 is 0 Å². The maximum atomic E-state index is 12.0. The average molecular weight is 311 g/mol. The lowest BCUT2D eigenvalue weighted by Crippen LogP contribution is -2.30. The lowest BCUT2D eigenvalue weighted by Gasteiger charge is -2.20. The smallest absolute Gasteiger partial charge is 0.262 e. The molecule has 0 bridgehead atoms. The fourth-order valence-electron chi connectivity index (χ4n) is 1.39. The number of rotatable bonds is 5. The molecule has 0 N–H and O–H groups in total. The first-order valence-electron chi connectivity index (χ1n) is 5.52. The van der Waals surface area contributed by atoms with Crippen LogP contribution in [0.15, 0.2) is 29.2 Å². The van der Waals surface area contributed by atoms with Gasteiger partial charge in [0.2, 0.25) is 0 Å². The predicted octanol–water partition coefficient (Wildman–Crippen LogP) is 3.32. The summed E-state index contributed by atoms with van der Waals surface area (Å²) in [5, 5.41) is -0.957. The number of hydrogen-bond donors (Lipinski definition) is 0.